The lowest BCUT2D eigenvalue weighted by molar-refractivity contribution is 0.252. The maximum atomic E-state index is 8.09. The van der Waals surface area contributed by atoms with Crippen LogP contribution in [0.25, 0.3) is 0 Å². The predicted octanol–water partition coefficient (Wildman–Crippen LogP) is 0.955. The Morgan fingerprint density at radius 1 is 1.71 bits per heavy atom. The Hall–Kier alpha value is 0.790. The van der Waals surface area contributed by atoms with Crippen molar-refractivity contribution in [3.05, 3.63) is 0 Å². The third-order valence-corrected chi connectivity index (χ3v) is 1.22. The third-order valence-electron chi connectivity index (χ3n) is 0.240. The van der Waals surface area contributed by atoms with Gasteiger partial charge in [-0.1, -0.05) is 15.9 Å². The molecule has 0 rings (SSSR count). The van der Waals surface area contributed by atoms with Gasteiger partial charge in [0.1, 0.15) is 5.01 Å². The highest BCUT2D eigenvalue weighted by Gasteiger charge is 2.01. The normalized spacial score (nSPS) is 15.0. The van der Waals surface area contributed by atoms with Crippen molar-refractivity contribution in [1.82, 2.24) is 0 Å². The molecule has 0 aromatic heterocycles. The largest absolute Gasteiger partial charge is 0.328 e. The van der Waals surface area contributed by atoms with Crippen LogP contribution in [0, 0.1) is 0 Å². The molecule has 0 amide bonds. The van der Waals surface area contributed by atoms with Gasteiger partial charge < -0.3 is 9.79 Å². The summed E-state index contributed by atoms with van der Waals surface area (Å²) in [4.78, 5) is 16.2. The summed E-state index contributed by atoms with van der Waals surface area (Å²) in [6, 6.07) is 0. The summed E-state index contributed by atoms with van der Waals surface area (Å²) in [5.41, 5.74) is 0. The van der Waals surface area contributed by atoms with Gasteiger partial charge in [0.05, 0.1) is 0 Å². The van der Waals surface area contributed by atoms with Gasteiger partial charge in [0, 0.05) is 0 Å². The predicted molar refractivity (Wildman–Crippen MR) is 30.8 cm³/mol. The molecule has 0 aliphatic rings. The second-order valence-corrected chi connectivity index (χ2v) is 2.91. The molecule has 0 aliphatic heterocycles. The Balaban J connectivity index is 2.95. The van der Waals surface area contributed by atoms with Crippen molar-refractivity contribution in [2.75, 3.05) is 0 Å². The number of halogens is 1. The summed E-state index contributed by atoms with van der Waals surface area (Å²) in [5, 5.41) is -0.284. The lowest BCUT2D eigenvalue weighted by Gasteiger charge is -2.03. The van der Waals surface area contributed by atoms with Gasteiger partial charge >= 0.3 is 8.60 Å². The first-order chi connectivity index (χ1) is 3.13. The lowest BCUT2D eigenvalue weighted by Crippen LogP contribution is -1.90. The summed E-state index contributed by atoms with van der Waals surface area (Å²) < 4.78 is 4.34. The van der Waals surface area contributed by atoms with Gasteiger partial charge in [-0.3, -0.25) is 4.52 Å². The smallest absolute Gasteiger partial charge is 0.328 e. The zero-order valence-corrected chi connectivity index (χ0v) is 6.19. The summed E-state index contributed by atoms with van der Waals surface area (Å²) in [7, 11) is -2.19. The van der Waals surface area contributed by atoms with Gasteiger partial charge in [0.25, 0.3) is 0 Å². The molecule has 0 aromatic rings. The number of hydrogen-bond acceptors (Lipinski definition) is 3. The van der Waals surface area contributed by atoms with E-state index in [0.29, 0.717) is 0 Å². The minimum Gasteiger partial charge on any atom is -0.328 e. The molecular formula is C2H6BrO3P. The van der Waals surface area contributed by atoms with Gasteiger partial charge in [-0.05, 0) is 6.92 Å². The first-order valence-corrected chi connectivity index (χ1v) is 3.69. The van der Waals surface area contributed by atoms with E-state index in [1.165, 1.54) is 0 Å². The molecule has 7 heavy (non-hydrogen) atoms. The van der Waals surface area contributed by atoms with Crippen LogP contribution in [0.2, 0.25) is 0 Å². The fraction of sp³-hybridized carbons (Fsp3) is 1.00. The van der Waals surface area contributed by atoms with E-state index in [1.807, 2.05) is 0 Å². The fourth-order valence-electron chi connectivity index (χ4n) is 0.130. The van der Waals surface area contributed by atoms with Gasteiger partial charge in [-0.15, -0.1) is 0 Å². The molecular weight excluding hydrogens is 183 g/mol. The first-order valence-electron chi connectivity index (χ1n) is 1.61. The lowest BCUT2D eigenvalue weighted by atomic mass is 10.9. The van der Waals surface area contributed by atoms with E-state index in [0.717, 1.165) is 0 Å². The molecule has 44 valence electrons. The van der Waals surface area contributed by atoms with E-state index >= 15 is 0 Å². The van der Waals surface area contributed by atoms with Crippen molar-refractivity contribution in [2.45, 2.75) is 11.9 Å². The van der Waals surface area contributed by atoms with Crippen molar-refractivity contribution in [3.63, 3.8) is 0 Å². The Bertz CT molecular complexity index is 42.2. The zero-order valence-electron chi connectivity index (χ0n) is 3.71. The van der Waals surface area contributed by atoms with Crippen molar-refractivity contribution in [2.24, 2.45) is 0 Å². The van der Waals surface area contributed by atoms with E-state index in [9.17, 15) is 0 Å². The number of alkyl halides is 1. The Morgan fingerprint density at radius 2 is 2.14 bits per heavy atom. The quantitative estimate of drug-likeness (QED) is 0.502. The van der Waals surface area contributed by atoms with E-state index in [-0.39, 0.29) is 5.01 Å². The van der Waals surface area contributed by atoms with E-state index in [2.05, 4.69) is 20.5 Å². The third kappa shape index (κ3) is 6.79. The SMILES string of the molecule is CC(Br)OP(O)O. The number of hydrogen-bond donors (Lipinski definition) is 2. The highest BCUT2D eigenvalue weighted by molar-refractivity contribution is 9.09. The molecule has 0 saturated heterocycles. The van der Waals surface area contributed by atoms with Crippen LogP contribution >= 0.6 is 24.5 Å². The highest BCUT2D eigenvalue weighted by atomic mass is 79.9. The summed E-state index contributed by atoms with van der Waals surface area (Å²) in [5.74, 6) is 0. The van der Waals surface area contributed by atoms with Crippen LogP contribution in [-0.4, -0.2) is 14.8 Å². The topological polar surface area (TPSA) is 49.7 Å². The van der Waals surface area contributed by atoms with Crippen molar-refractivity contribution in [1.29, 1.82) is 0 Å². The second kappa shape index (κ2) is 3.75. The van der Waals surface area contributed by atoms with Crippen LogP contribution in [0.4, 0.5) is 0 Å². The number of rotatable bonds is 2. The van der Waals surface area contributed by atoms with Crippen LogP contribution < -0.4 is 0 Å². The maximum Gasteiger partial charge on any atom is 0.328 e. The molecule has 1 atom stereocenters. The van der Waals surface area contributed by atoms with Crippen LogP contribution in [0.1, 0.15) is 6.92 Å². The molecule has 3 nitrogen and oxygen atoms in total. The van der Waals surface area contributed by atoms with E-state index < -0.39 is 8.60 Å². The van der Waals surface area contributed by atoms with Crippen LogP contribution in [0.3, 0.4) is 0 Å². The zero-order chi connectivity index (χ0) is 5.86. The molecule has 0 heterocycles. The maximum absolute atomic E-state index is 8.09. The molecule has 0 saturated carbocycles. The van der Waals surface area contributed by atoms with Crippen LogP contribution in [-0.2, 0) is 4.52 Å². The summed E-state index contributed by atoms with van der Waals surface area (Å²) in [6.45, 7) is 1.65. The van der Waals surface area contributed by atoms with Crippen molar-refractivity contribution >= 4 is 24.5 Å². The average molecular weight is 189 g/mol. The molecule has 2 N–H and O–H groups in total. The molecule has 0 spiro atoms. The minimum absolute atomic E-state index is 0.284. The van der Waals surface area contributed by atoms with Gasteiger partial charge in [0.2, 0.25) is 0 Å². The standard InChI is InChI=1S/C2H6BrO3P/c1-2(3)6-7(4)5/h2,4-5H,1H3. The summed E-state index contributed by atoms with van der Waals surface area (Å²) in [6.07, 6.45) is 0. The van der Waals surface area contributed by atoms with Gasteiger partial charge in [-0.25, -0.2) is 0 Å². The Kier molecular flexibility index (Phi) is 4.17. The minimum atomic E-state index is -2.19. The van der Waals surface area contributed by atoms with E-state index in [1.54, 1.807) is 6.92 Å². The van der Waals surface area contributed by atoms with Crippen molar-refractivity contribution < 1.29 is 14.3 Å². The fourth-order valence-corrected chi connectivity index (χ4v) is 0.838. The van der Waals surface area contributed by atoms with Crippen LogP contribution in [0.5, 0.6) is 0 Å². The Labute approximate surface area is 51.4 Å². The van der Waals surface area contributed by atoms with Crippen LogP contribution in [0.15, 0.2) is 0 Å². The summed E-state index contributed by atoms with van der Waals surface area (Å²) >= 11 is 2.95. The monoisotopic (exact) mass is 188 g/mol. The average Bonchev–Trinajstić information content (AvgIpc) is 1.27. The first kappa shape index (κ1) is 7.79. The molecule has 0 aromatic carbocycles. The van der Waals surface area contributed by atoms with Gasteiger partial charge in [0.15, 0.2) is 0 Å². The molecule has 0 aliphatic carbocycles. The second-order valence-electron chi connectivity index (χ2n) is 0.901. The molecule has 1 unspecified atom stereocenters. The van der Waals surface area contributed by atoms with Gasteiger partial charge in [-0.2, -0.15) is 0 Å². The molecule has 0 fully saturated rings. The highest BCUT2D eigenvalue weighted by Crippen LogP contribution is 2.28. The Morgan fingerprint density at radius 3 is 2.14 bits per heavy atom. The molecule has 5 heteroatoms. The van der Waals surface area contributed by atoms with Crippen molar-refractivity contribution in [3.8, 4) is 0 Å². The molecule has 0 bridgehead atoms. The molecule has 0 radical (unpaired) electrons. The van der Waals surface area contributed by atoms with E-state index in [4.69, 9.17) is 9.79 Å².